The van der Waals surface area contributed by atoms with Gasteiger partial charge in [-0.15, -0.1) is 4.57 Å². The SMILES string of the molecule is CSc1c2sc(C3=C(C(=O)O)N4C(=O)[C@H]([C@@H](C)O)[C@H]4C3)c(C)[n+]2c(C)n1C(N)=O. The van der Waals surface area contributed by atoms with Crippen LogP contribution in [0.1, 0.15) is 29.7 Å². The molecule has 29 heavy (non-hydrogen) atoms. The number of hydrogen-bond donors (Lipinski definition) is 3. The number of carboxylic acid groups (broad SMARTS) is 1. The molecule has 2 aliphatic heterocycles. The number of amides is 2. The molecule has 0 spiro atoms. The van der Waals surface area contributed by atoms with Gasteiger partial charge in [-0.2, -0.15) is 4.40 Å². The molecule has 2 aliphatic rings. The number of carboxylic acids is 1. The van der Waals surface area contributed by atoms with Gasteiger partial charge in [0.25, 0.3) is 5.82 Å². The second-order valence-corrected chi connectivity index (χ2v) is 9.06. The summed E-state index contributed by atoms with van der Waals surface area (Å²) in [6.07, 6.45) is 1.38. The molecule has 0 unspecified atom stereocenters. The van der Waals surface area contributed by atoms with Crippen LogP contribution in [-0.2, 0) is 9.59 Å². The number of primary amides is 1. The number of fused-ring (bicyclic) bond motifs is 2. The van der Waals surface area contributed by atoms with Crippen LogP contribution in [0, 0.1) is 19.8 Å². The van der Waals surface area contributed by atoms with E-state index >= 15 is 0 Å². The molecular formula is C18H21N4O5S2+. The number of hydrogen-bond acceptors (Lipinski definition) is 6. The molecule has 0 saturated carbocycles. The van der Waals surface area contributed by atoms with Crippen molar-refractivity contribution in [1.29, 1.82) is 0 Å². The molecule has 4 heterocycles. The summed E-state index contributed by atoms with van der Waals surface area (Å²) in [5.74, 6) is -1.47. The van der Waals surface area contributed by atoms with E-state index in [2.05, 4.69) is 0 Å². The molecule has 1 fully saturated rings. The molecule has 154 valence electrons. The lowest BCUT2D eigenvalue weighted by Crippen LogP contribution is -2.61. The van der Waals surface area contributed by atoms with E-state index in [9.17, 15) is 24.6 Å². The maximum absolute atomic E-state index is 12.5. The zero-order valence-electron chi connectivity index (χ0n) is 16.3. The number of nitrogens with two attached hydrogens (primary N) is 1. The van der Waals surface area contributed by atoms with Gasteiger partial charge in [0.05, 0.1) is 22.9 Å². The molecule has 9 nitrogen and oxygen atoms in total. The average molecular weight is 438 g/mol. The summed E-state index contributed by atoms with van der Waals surface area (Å²) < 4.78 is 3.33. The topological polar surface area (TPSA) is 130 Å². The highest BCUT2D eigenvalue weighted by Gasteiger charge is 2.57. The summed E-state index contributed by atoms with van der Waals surface area (Å²) in [4.78, 5) is 39.2. The molecule has 3 atom stereocenters. The number of imidazole rings is 1. The van der Waals surface area contributed by atoms with Crippen molar-refractivity contribution in [3.8, 4) is 0 Å². The minimum Gasteiger partial charge on any atom is -0.477 e. The van der Waals surface area contributed by atoms with E-state index in [-0.39, 0.29) is 17.6 Å². The minimum absolute atomic E-state index is 0.0179. The van der Waals surface area contributed by atoms with Gasteiger partial charge in [-0.25, -0.2) is 9.59 Å². The third-order valence-corrected chi connectivity index (χ3v) is 7.93. The van der Waals surface area contributed by atoms with E-state index in [0.29, 0.717) is 22.8 Å². The summed E-state index contributed by atoms with van der Waals surface area (Å²) in [5.41, 5.74) is 6.89. The van der Waals surface area contributed by atoms with Crippen LogP contribution >= 0.6 is 23.1 Å². The Morgan fingerprint density at radius 2 is 2.03 bits per heavy atom. The molecule has 0 aromatic carbocycles. The van der Waals surface area contributed by atoms with E-state index in [4.69, 9.17) is 5.73 Å². The van der Waals surface area contributed by atoms with Gasteiger partial charge in [0, 0.05) is 12.5 Å². The van der Waals surface area contributed by atoms with Crippen LogP contribution in [-0.4, -0.2) is 56.0 Å². The third kappa shape index (κ3) is 2.50. The molecule has 0 aliphatic carbocycles. The zero-order chi connectivity index (χ0) is 21.4. The number of carbonyl (C=O) groups is 3. The van der Waals surface area contributed by atoms with Crippen LogP contribution in [0.4, 0.5) is 4.79 Å². The van der Waals surface area contributed by atoms with Crippen molar-refractivity contribution in [1.82, 2.24) is 9.47 Å². The lowest BCUT2D eigenvalue weighted by atomic mass is 9.83. The van der Waals surface area contributed by atoms with E-state index < -0.39 is 24.0 Å². The number of aromatic nitrogens is 2. The number of aliphatic hydroxyl groups excluding tert-OH is 1. The van der Waals surface area contributed by atoms with Crippen molar-refractivity contribution in [2.75, 3.05) is 6.26 Å². The molecular weight excluding hydrogens is 416 g/mol. The maximum atomic E-state index is 12.5. The number of aliphatic carboxylic acids is 1. The van der Waals surface area contributed by atoms with Gasteiger partial charge >= 0.3 is 12.0 Å². The zero-order valence-corrected chi connectivity index (χ0v) is 17.9. The second kappa shape index (κ2) is 6.57. The van der Waals surface area contributed by atoms with Crippen molar-refractivity contribution in [3.05, 3.63) is 22.1 Å². The van der Waals surface area contributed by atoms with Gasteiger partial charge in [-0.1, -0.05) is 23.1 Å². The quantitative estimate of drug-likeness (QED) is 0.371. The van der Waals surface area contributed by atoms with Crippen molar-refractivity contribution >= 4 is 51.4 Å². The first-order valence-corrected chi connectivity index (χ1v) is 11.0. The first-order valence-electron chi connectivity index (χ1n) is 9.00. The standard InChI is InChI=1S/C18H20N4O5S2/c1-6-13(29-16-15(28-4)21(18(19)27)8(3)20(6)16)9-5-10-11(7(2)23)14(24)22(10)12(9)17(25)26/h7,10-11,23H,5H2,1-4H3,(H2-,19,25,26,27)/p+1/t7-,10-,11-/m1/s1. The molecule has 11 heteroatoms. The highest BCUT2D eigenvalue weighted by Crippen LogP contribution is 2.48. The fraction of sp³-hybridized carbons (Fsp3) is 0.444. The predicted octanol–water partition coefficient (Wildman–Crippen LogP) is 0.961. The summed E-state index contributed by atoms with van der Waals surface area (Å²) in [5, 5.41) is 20.4. The second-order valence-electron chi connectivity index (χ2n) is 7.27. The van der Waals surface area contributed by atoms with Gasteiger partial charge in [0.2, 0.25) is 15.8 Å². The summed E-state index contributed by atoms with van der Waals surface area (Å²) in [6.45, 7) is 5.19. The van der Waals surface area contributed by atoms with Crippen molar-refractivity contribution in [2.24, 2.45) is 11.7 Å². The van der Waals surface area contributed by atoms with E-state index in [1.807, 2.05) is 17.6 Å². The van der Waals surface area contributed by atoms with E-state index in [1.165, 1.54) is 32.6 Å². The Bertz CT molecular complexity index is 1130. The molecule has 2 aromatic heterocycles. The number of thioether (sulfide) groups is 1. The Hall–Kier alpha value is -2.37. The van der Waals surface area contributed by atoms with E-state index in [0.717, 1.165) is 15.4 Å². The fourth-order valence-electron chi connectivity index (χ4n) is 4.53. The minimum atomic E-state index is -1.16. The van der Waals surface area contributed by atoms with Crippen LogP contribution in [0.2, 0.25) is 0 Å². The Morgan fingerprint density at radius 1 is 1.38 bits per heavy atom. The van der Waals surface area contributed by atoms with E-state index in [1.54, 1.807) is 13.8 Å². The number of rotatable bonds is 4. The first kappa shape index (κ1) is 19.9. The number of aliphatic hydroxyl groups is 1. The van der Waals surface area contributed by atoms with Crippen LogP contribution in [0.15, 0.2) is 10.7 Å². The molecule has 2 aromatic rings. The number of aryl methyl sites for hydroxylation is 2. The Balaban J connectivity index is 1.91. The number of nitrogens with zero attached hydrogens (tertiary/aromatic N) is 3. The number of thiazole rings is 1. The largest absolute Gasteiger partial charge is 0.477 e. The highest BCUT2D eigenvalue weighted by molar-refractivity contribution is 7.98. The molecule has 2 amide bonds. The van der Waals surface area contributed by atoms with Crippen molar-refractivity contribution < 1.29 is 29.0 Å². The van der Waals surface area contributed by atoms with Crippen molar-refractivity contribution in [3.63, 3.8) is 0 Å². The summed E-state index contributed by atoms with van der Waals surface area (Å²) in [6, 6.07) is -0.925. The van der Waals surface area contributed by atoms with Gasteiger partial charge < -0.3 is 20.8 Å². The molecule has 0 radical (unpaired) electrons. The summed E-state index contributed by atoms with van der Waals surface area (Å²) >= 11 is 2.77. The van der Waals surface area contributed by atoms with Gasteiger partial charge in [-0.3, -0.25) is 4.79 Å². The normalized spacial score (nSPS) is 22.2. The molecule has 4 rings (SSSR count). The smallest absolute Gasteiger partial charge is 0.411 e. The maximum Gasteiger partial charge on any atom is 0.411 e. The third-order valence-electron chi connectivity index (χ3n) is 5.72. The van der Waals surface area contributed by atoms with Crippen molar-refractivity contribution in [2.45, 2.75) is 44.4 Å². The van der Waals surface area contributed by atoms with Gasteiger partial charge in [-0.05, 0) is 26.5 Å². The number of β-lactam (4-membered cyclic amide) rings is 1. The van der Waals surface area contributed by atoms with Crippen LogP contribution < -0.4 is 10.1 Å². The molecule has 0 bridgehead atoms. The Kier molecular flexibility index (Phi) is 4.52. The lowest BCUT2D eigenvalue weighted by molar-refractivity contribution is -0.523. The lowest BCUT2D eigenvalue weighted by Gasteiger charge is -2.44. The van der Waals surface area contributed by atoms with Crippen LogP contribution in [0.3, 0.4) is 0 Å². The molecule has 1 saturated heterocycles. The Labute approximate surface area is 174 Å². The number of carbonyl (C=O) groups excluding carboxylic acids is 2. The highest BCUT2D eigenvalue weighted by atomic mass is 32.2. The molecule has 4 N–H and O–H groups in total. The van der Waals surface area contributed by atoms with Gasteiger partial charge in [0.1, 0.15) is 11.4 Å². The Morgan fingerprint density at radius 3 is 2.55 bits per heavy atom. The van der Waals surface area contributed by atoms with Crippen LogP contribution in [0.25, 0.3) is 10.4 Å². The fourth-order valence-corrected chi connectivity index (χ4v) is 6.85. The predicted molar refractivity (Wildman–Crippen MR) is 107 cm³/mol. The van der Waals surface area contributed by atoms with Crippen LogP contribution in [0.5, 0.6) is 0 Å². The summed E-state index contributed by atoms with van der Waals surface area (Å²) in [7, 11) is 0. The first-order chi connectivity index (χ1) is 13.6. The average Bonchev–Trinajstić information content (AvgIpc) is 3.22. The van der Waals surface area contributed by atoms with Gasteiger partial charge in [0.15, 0.2) is 0 Å². The monoisotopic (exact) mass is 437 g/mol.